The van der Waals surface area contributed by atoms with E-state index < -0.39 is 10.8 Å². The molecule has 3 heteroatoms. The van der Waals surface area contributed by atoms with E-state index in [1.54, 1.807) is 0 Å². The molecular formula is C122H75NO2. The largest absolute Gasteiger partial charge is 0.456 e. The molecule has 16 aromatic carbocycles. The van der Waals surface area contributed by atoms with Gasteiger partial charge in [0.15, 0.2) is 0 Å². The molecular weight excluding hydrogens is 1510 g/mol. The number of furan rings is 2. The fourth-order valence-corrected chi connectivity index (χ4v) is 22.4. The molecule has 2 unspecified atom stereocenters. The van der Waals surface area contributed by atoms with Gasteiger partial charge >= 0.3 is 0 Å². The van der Waals surface area contributed by atoms with Gasteiger partial charge in [0.2, 0.25) is 0 Å². The molecule has 8 aliphatic rings. The fourth-order valence-electron chi connectivity index (χ4n) is 22.4. The lowest BCUT2D eigenvalue weighted by Crippen LogP contribution is -2.42. The number of allylic oxidation sites excluding steroid dienone is 17. The highest BCUT2D eigenvalue weighted by atomic mass is 16.3. The Kier molecular flexibility index (Phi) is 15.6. The summed E-state index contributed by atoms with van der Waals surface area (Å²) in [5.41, 5.74) is 42.5. The Morgan fingerprint density at radius 1 is 0.208 bits per heavy atom. The summed E-state index contributed by atoms with van der Waals surface area (Å²) in [6, 6.07) is 142. The van der Waals surface area contributed by atoms with Crippen molar-refractivity contribution in [2.45, 2.75) is 0 Å². The minimum atomic E-state index is -1.24. The summed E-state index contributed by atoms with van der Waals surface area (Å²) in [7, 11) is 0. The minimum absolute atomic E-state index is 0.808. The van der Waals surface area contributed by atoms with Gasteiger partial charge < -0.3 is 13.7 Å². The summed E-state index contributed by atoms with van der Waals surface area (Å²) in [6.45, 7) is 0. The molecule has 0 bridgehead atoms. The van der Waals surface area contributed by atoms with Gasteiger partial charge in [-0.15, -0.1) is 0 Å². The van der Waals surface area contributed by atoms with E-state index in [0.717, 1.165) is 189 Å². The zero-order valence-corrected chi connectivity index (χ0v) is 68.1. The number of para-hydroxylation sites is 3. The van der Waals surface area contributed by atoms with Crippen LogP contribution in [0.3, 0.4) is 0 Å². The molecule has 580 valence electrons. The molecule has 2 spiro atoms. The van der Waals surface area contributed by atoms with Crippen LogP contribution in [0.2, 0.25) is 0 Å². The maximum absolute atomic E-state index is 7.17. The lowest BCUT2D eigenvalue weighted by atomic mass is 9.53. The molecule has 0 N–H and O–H groups in total. The normalized spacial score (nSPS) is 17.1. The van der Waals surface area contributed by atoms with Crippen molar-refractivity contribution in [2.24, 2.45) is 10.8 Å². The van der Waals surface area contributed by atoms with E-state index in [4.69, 9.17) is 8.83 Å². The third-order valence-electron chi connectivity index (χ3n) is 27.5. The van der Waals surface area contributed by atoms with Crippen molar-refractivity contribution in [1.82, 2.24) is 0 Å². The van der Waals surface area contributed by atoms with Gasteiger partial charge in [-0.2, -0.15) is 0 Å². The molecule has 2 aromatic heterocycles. The van der Waals surface area contributed by atoms with Crippen LogP contribution in [-0.4, -0.2) is 0 Å². The average molecular weight is 1590 g/mol. The number of nitrogens with zero attached hydrogens (tertiary/aromatic N) is 1. The first-order valence-corrected chi connectivity index (χ1v) is 43.3. The first-order chi connectivity index (χ1) is 62.0. The van der Waals surface area contributed by atoms with Crippen LogP contribution in [0.1, 0.15) is 50.1 Å². The summed E-state index contributed by atoms with van der Waals surface area (Å²) in [6.07, 6.45) is 30.3. The van der Waals surface area contributed by atoms with Crippen LogP contribution < -0.4 is 4.90 Å². The zero-order chi connectivity index (χ0) is 82.0. The van der Waals surface area contributed by atoms with Crippen LogP contribution in [0.15, 0.2) is 479 Å². The van der Waals surface area contributed by atoms with Crippen molar-refractivity contribution < 1.29 is 8.83 Å². The minimum Gasteiger partial charge on any atom is -0.456 e. The van der Waals surface area contributed by atoms with E-state index >= 15 is 0 Å². The van der Waals surface area contributed by atoms with Gasteiger partial charge in [-0.25, -0.2) is 0 Å². The van der Waals surface area contributed by atoms with Crippen molar-refractivity contribution in [3.63, 3.8) is 0 Å². The van der Waals surface area contributed by atoms with Crippen molar-refractivity contribution in [3.05, 3.63) is 520 Å². The topological polar surface area (TPSA) is 29.5 Å². The van der Waals surface area contributed by atoms with Crippen molar-refractivity contribution >= 4 is 107 Å². The summed E-state index contributed by atoms with van der Waals surface area (Å²) >= 11 is 0. The van der Waals surface area contributed by atoms with Crippen LogP contribution in [0, 0.1) is 10.8 Å². The van der Waals surface area contributed by atoms with E-state index in [1.807, 2.05) is 0 Å². The molecule has 2 atom stereocenters. The summed E-state index contributed by atoms with van der Waals surface area (Å²) in [5.74, 6) is 0. The van der Waals surface area contributed by atoms with Gasteiger partial charge in [0.1, 0.15) is 22.3 Å². The van der Waals surface area contributed by atoms with E-state index in [9.17, 15) is 0 Å². The number of benzene rings is 16. The molecule has 0 saturated heterocycles. The highest BCUT2D eigenvalue weighted by molar-refractivity contribution is 6.26. The van der Waals surface area contributed by atoms with Crippen molar-refractivity contribution in [2.75, 3.05) is 4.90 Å². The van der Waals surface area contributed by atoms with E-state index in [0.29, 0.717) is 0 Å². The number of hydrogen-bond donors (Lipinski definition) is 0. The van der Waals surface area contributed by atoms with E-state index in [-0.39, 0.29) is 0 Å². The third-order valence-corrected chi connectivity index (χ3v) is 27.5. The number of fused-ring (bicyclic) bond motifs is 22. The standard InChI is InChI=1S/C122H75NO2/c1-5-34-76(35-6-1)84-46-19-20-51-91(84)95-56-27-45-83-75-105-118(112(83)95)117(99-57-28-54-89(78-38-9-3-10-39-78)113(99)98-58-30-66-110-115(98)96-52-22-25-64-108(96)124-110)119(101-69-68-94-87-49-18-15-43-81(87)73-103(94)121(101)70-32-60-92-85-47-16-13-42-80(85)72-102(92)121)120(122(105)71-33-61-93-86-48-17-14-44-82(86)74-104(93)122)123(106-62-24-21-50-88(106)77-36-7-2-8-37-77)107-63-29-55-90(79-40-11-4-12-41-79)114(107)100-59-31-67-111-116(100)97-53-23-26-65-109(97)125-111/h1-75H. The van der Waals surface area contributed by atoms with Crippen LogP contribution in [-0.2, 0) is 0 Å². The molecule has 0 amide bonds. The third kappa shape index (κ3) is 10.3. The van der Waals surface area contributed by atoms with Crippen LogP contribution in [0.4, 0.5) is 11.4 Å². The number of rotatable bonds is 12. The number of hydrogen-bond acceptors (Lipinski definition) is 3. The van der Waals surface area contributed by atoms with Crippen molar-refractivity contribution in [1.29, 1.82) is 0 Å². The first kappa shape index (κ1) is 70.6. The van der Waals surface area contributed by atoms with Crippen molar-refractivity contribution in [3.8, 4) is 77.9 Å². The molecule has 0 fully saturated rings. The highest BCUT2D eigenvalue weighted by Crippen LogP contribution is 2.73. The van der Waals surface area contributed by atoms with Gasteiger partial charge in [0, 0.05) is 38.2 Å². The maximum Gasteiger partial charge on any atom is 0.136 e. The second kappa shape index (κ2) is 27.7. The smallest absolute Gasteiger partial charge is 0.136 e. The van der Waals surface area contributed by atoms with Crippen LogP contribution >= 0.6 is 0 Å². The Morgan fingerprint density at radius 2 is 0.584 bits per heavy atom. The molecule has 8 aliphatic carbocycles. The molecule has 26 rings (SSSR count). The maximum atomic E-state index is 7.17. The molecule has 3 nitrogen and oxygen atoms in total. The Morgan fingerprint density at radius 3 is 1.17 bits per heavy atom. The van der Waals surface area contributed by atoms with Crippen LogP contribution in [0.25, 0.3) is 174 Å². The molecule has 125 heavy (non-hydrogen) atoms. The summed E-state index contributed by atoms with van der Waals surface area (Å²) < 4.78 is 14.3. The Hall–Kier alpha value is -16.2. The first-order valence-electron chi connectivity index (χ1n) is 43.3. The predicted molar refractivity (Wildman–Crippen MR) is 521 cm³/mol. The Labute approximate surface area is 724 Å². The molecule has 0 aliphatic heterocycles. The summed E-state index contributed by atoms with van der Waals surface area (Å²) in [5, 5.41) is 4.17. The number of anilines is 2. The lowest BCUT2D eigenvalue weighted by molar-refractivity contribution is 0.652. The van der Waals surface area contributed by atoms with Gasteiger partial charge in [0.05, 0.1) is 27.9 Å². The fraction of sp³-hybridized carbons (Fsp3) is 0.0164. The second-order valence-corrected chi connectivity index (χ2v) is 33.7. The zero-order valence-electron chi connectivity index (χ0n) is 68.1. The molecule has 0 radical (unpaired) electrons. The molecule has 2 heterocycles. The Bertz CT molecular complexity index is 8150. The monoisotopic (exact) mass is 1590 g/mol. The second-order valence-electron chi connectivity index (χ2n) is 33.7. The van der Waals surface area contributed by atoms with Crippen LogP contribution in [0.5, 0.6) is 0 Å². The van der Waals surface area contributed by atoms with E-state index in [1.165, 1.54) is 61.3 Å². The SMILES string of the molecule is C1=CC2(C3=Cc4ccccc4C3=C1)C1=Cc3ccccc3C1=CC=C2C1=C(N(c2ccccc2-c2ccccc2)c2cccc(-c3ccccc3)c2-c2cccc3oc4ccccc4c23)C2(C=CC=C3C2=Cc2ccccc23)C2=Cc3cccc(-c4ccccc4-c4ccccc4)c3C2=C1c1cccc(-c2ccccc2)c1-c1cccc2oc3ccccc3c12. The van der Waals surface area contributed by atoms with E-state index in [2.05, 4.69) is 460 Å². The van der Waals surface area contributed by atoms with Gasteiger partial charge in [0.25, 0.3) is 0 Å². The highest BCUT2D eigenvalue weighted by Gasteiger charge is 2.59. The average Bonchev–Trinajstić information content (AvgIpc) is 1.53. The lowest BCUT2D eigenvalue weighted by Gasteiger charge is -2.52. The van der Waals surface area contributed by atoms with Gasteiger partial charge in [-0.3, -0.25) is 0 Å². The quantitative estimate of drug-likeness (QED) is 0.122. The van der Waals surface area contributed by atoms with Gasteiger partial charge in [-0.1, -0.05) is 394 Å². The summed E-state index contributed by atoms with van der Waals surface area (Å²) in [4.78, 5) is 2.82. The molecule has 0 saturated carbocycles. The Balaban J connectivity index is 0.945. The van der Waals surface area contributed by atoms with Gasteiger partial charge in [-0.05, 0) is 233 Å². The molecule has 18 aromatic rings. The predicted octanol–water partition coefficient (Wildman–Crippen LogP) is 32.1.